The van der Waals surface area contributed by atoms with Crippen LogP contribution in [-0.2, 0) is 20.5 Å². The second-order valence-electron chi connectivity index (χ2n) is 10.0. The lowest BCUT2D eigenvalue weighted by atomic mass is 9.82. The van der Waals surface area contributed by atoms with Crippen LogP contribution in [0.4, 0.5) is 5.82 Å². The average molecular weight is 463 g/mol. The molecular weight excluding hydrogens is 428 g/mol. The molecule has 2 aromatic carbocycles. The van der Waals surface area contributed by atoms with Gasteiger partial charge in [-0.15, -0.1) is 0 Å². The fourth-order valence-electron chi connectivity index (χ4n) is 3.67. The zero-order valence-corrected chi connectivity index (χ0v) is 20.7. The monoisotopic (exact) mass is 462 g/mol. The molecule has 34 heavy (non-hydrogen) atoms. The van der Waals surface area contributed by atoms with E-state index in [-0.39, 0.29) is 11.0 Å². The van der Waals surface area contributed by atoms with Gasteiger partial charge in [0.2, 0.25) is 5.91 Å². The number of nitrogens with one attached hydrogen (secondary N) is 2. The van der Waals surface area contributed by atoms with Crippen LogP contribution < -0.4 is 10.6 Å². The Bertz CT molecular complexity index is 1130. The Balaban J connectivity index is 1.80. The van der Waals surface area contributed by atoms with Crippen molar-refractivity contribution in [2.45, 2.75) is 64.6 Å². The van der Waals surface area contributed by atoms with Crippen LogP contribution in [0.2, 0.25) is 0 Å². The number of hydrogen-bond donors (Lipinski definition) is 3. The molecule has 3 N–H and O–H groups in total. The molecule has 2 amide bonds. The number of carbonyl (C=O) groups excluding carboxylic acids is 2. The summed E-state index contributed by atoms with van der Waals surface area (Å²) < 4.78 is 1.79. The number of aliphatic hydroxyl groups is 1. The predicted molar refractivity (Wildman–Crippen MR) is 133 cm³/mol. The number of benzene rings is 2. The van der Waals surface area contributed by atoms with E-state index >= 15 is 0 Å². The van der Waals surface area contributed by atoms with Gasteiger partial charge in [-0.05, 0) is 38.8 Å². The maximum absolute atomic E-state index is 13.0. The van der Waals surface area contributed by atoms with E-state index in [1.807, 2.05) is 45.0 Å². The molecule has 0 aliphatic rings. The smallest absolute Gasteiger partial charge is 0.254 e. The summed E-state index contributed by atoms with van der Waals surface area (Å²) >= 11 is 0. The highest BCUT2D eigenvalue weighted by atomic mass is 16.3. The molecule has 1 heterocycles. The van der Waals surface area contributed by atoms with Crippen LogP contribution in [0.15, 0.2) is 66.7 Å². The molecule has 0 aliphatic carbocycles. The van der Waals surface area contributed by atoms with E-state index in [0.717, 1.165) is 11.3 Å². The molecule has 0 fully saturated rings. The van der Waals surface area contributed by atoms with Gasteiger partial charge in [0, 0.05) is 11.5 Å². The average Bonchev–Trinajstić information content (AvgIpc) is 3.25. The third-order valence-corrected chi connectivity index (χ3v) is 5.85. The van der Waals surface area contributed by atoms with Crippen molar-refractivity contribution in [2.24, 2.45) is 0 Å². The van der Waals surface area contributed by atoms with Crippen molar-refractivity contribution in [3.05, 3.63) is 83.6 Å². The number of carbonyl (C=O) groups is 2. The highest BCUT2D eigenvalue weighted by Crippen LogP contribution is 2.33. The number of amides is 2. The van der Waals surface area contributed by atoms with Crippen molar-refractivity contribution in [1.82, 2.24) is 15.1 Å². The van der Waals surface area contributed by atoms with Crippen LogP contribution in [0.3, 0.4) is 0 Å². The molecule has 2 unspecified atom stereocenters. The molecule has 7 nitrogen and oxygen atoms in total. The van der Waals surface area contributed by atoms with Crippen molar-refractivity contribution >= 4 is 17.6 Å². The first kappa shape index (κ1) is 25.2. The molecule has 0 saturated carbocycles. The number of aliphatic hydroxyl groups excluding tert-OH is 1. The lowest BCUT2D eigenvalue weighted by Crippen LogP contribution is -2.44. The van der Waals surface area contributed by atoms with Crippen molar-refractivity contribution in [1.29, 1.82) is 0 Å². The van der Waals surface area contributed by atoms with Gasteiger partial charge in [0.1, 0.15) is 11.9 Å². The lowest BCUT2D eigenvalue weighted by Gasteiger charge is -2.25. The van der Waals surface area contributed by atoms with Crippen molar-refractivity contribution in [3.63, 3.8) is 0 Å². The highest BCUT2D eigenvalue weighted by Gasteiger charge is 2.31. The van der Waals surface area contributed by atoms with Gasteiger partial charge in [0.25, 0.3) is 5.91 Å². The van der Waals surface area contributed by atoms with Crippen molar-refractivity contribution in [2.75, 3.05) is 5.32 Å². The van der Waals surface area contributed by atoms with Crippen LogP contribution in [-0.4, -0.2) is 32.7 Å². The standard InChI is InChI=1S/C27H34N4O3/c1-18(28-25(34)23(32)19-13-9-7-10-14-19)24(33)29-22-17-21(30-31(22)26(2,3)4)27(5,6)20-15-11-8-12-16-20/h7-18,23,32H,1-6H3,(H,28,34)(H,29,33). The summed E-state index contributed by atoms with van der Waals surface area (Å²) in [6.07, 6.45) is -1.35. The first-order chi connectivity index (χ1) is 15.9. The van der Waals surface area contributed by atoms with Crippen LogP contribution in [0.1, 0.15) is 64.5 Å². The second-order valence-corrected chi connectivity index (χ2v) is 10.0. The number of hydrogen-bond acceptors (Lipinski definition) is 4. The SMILES string of the molecule is CC(NC(=O)C(O)c1ccccc1)C(=O)Nc1cc(C(C)(C)c2ccccc2)nn1C(C)(C)C. The van der Waals surface area contributed by atoms with E-state index < -0.39 is 24.0 Å². The maximum Gasteiger partial charge on any atom is 0.254 e. The first-order valence-electron chi connectivity index (χ1n) is 11.4. The fourth-order valence-corrected chi connectivity index (χ4v) is 3.67. The van der Waals surface area contributed by atoms with Gasteiger partial charge in [-0.3, -0.25) is 9.59 Å². The Morgan fingerprint density at radius 2 is 1.47 bits per heavy atom. The number of rotatable bonds is 7. The van der Waals surface area contributed by atoms with Gasteiger partial charge < -0.3 is 15.7 Å². The van der Waals surface area contributed by atoms with E-state index in [9.17, 15) is 14.7 Å². The van der Waals surface area contributed by atoms with Gasteiger partial charge in [-0.2, -0.15) is 5.10 Å². The summed E-state index contributed by atoms with van der Waals surface area (Å²) in [6, 6.07) is 19.7. The summed E-state index contributed by atoms with van der Waals surface area (Å²) in [5.74, 6) is -0.492. The molecule has 1 aromatic heterocycles. The van der Waals surface area contributed by atoms with Crippen molar-refractivity contribution in [3.8, 4) is 0 Å². The zero-order chi connectivity index (χ0) is 25.1. The van der Waals surface area contributed by atoms with E-state index in [0.29, 0.717) is 11.4 Å². The molecule has 3 rings (SSSR count). The molecule has 0 radical (unpaired) electrons. The van der Waals surface area contributed by atoms with Crippen LogP contribution in [0.25, 0.3) is 0 Å². The summed E-state index contributed by atoms with van der Waals surface area (Å²) in [7, 11) is 0. The minimum Gasteiger partial charge on any atom is -0.378 e. The molecule has 180 valence electrons. The Morgan fingerprint density at radius 3 is 2.03 bits per heavy atom. The number of nitrogens with zero attached hydrogens (tertiary/aromatic N) is 2. The Hall–Kier alpha value is -3.45. The van der Waals surface area contributed by atoms with E-state index in [2.05, 4.69) is 36.6 Å². The van der Waals surface area contributed by atoms with Gasteiger partial charge in [0.15, 0.2) is 6.10 Å². The van der Waals surface area contributed by atoms with Gasteiger partial charge in [-0.25, -0.2) is 4.68 Å². The molecule has 0 bridgehead atoms. The normalized spacial score (nSPS) is 13.7. The van der Waals surface area contributed by atoms with Crippen LogP contribution in [0.5, 0.6) is 0 Å². The number of anilines is 1. The molecule has 3 aromatic rings. The first-order valence-corrected chi connectivity index (χ1v) is 11.4. The minimum absolute atomic E-state index is 0.378. The highest BCUT2D eigenvalue weighted by molar-refractivity contribution is 5.97. The third-order valence-electron chi connectivity index (χ3n) is 5.85. The second kappa shape index (κ2) is 9.81. The Morgan fingerprint density at radius 1 is 0.912 bits per heavy atom. The molecule has 0 spiro atoms. The van der Waals surface area contributed by atoms with Crippen molar-refractivity contribution < 1.29 is 14.7 Å². The lowest BCUT2D eigenvalue weighted by molar-refractivity contribution is -0.132. The van der Waals surface area contributed by atoms with Crippen LogP contribution in [0, 0.1) is 0 Å². The largest absolute Gasteiger partial charge is 0.378 e. The Kier molecular flexibility index (Phi) is 7.26. The molecule has 7 heteroatoms. The summed E-state index contributed by atoms with van der Waals surface area (Å²) in [6.45, 7) is 11.8. The third kappa shape index (κ3) is 5.54. The van der Waals surface area contributed by atoms with Gasteiger partial charge in [-0.1, -0.05) is 74.5 Å². The van der Waals surface area contributed by atoms with Gasteiger partial charge >= 0.3 is 0 Å². The van der Waals surface area contributed by atoms with E-state index in [1.165, 1.54) is 0 Å². The topological polar surface area (TPSA) is 96.2 Å². The predicted octanol–water partition coefficient (Wildman–Crippen LogP) is 4.14. The molecular formula is C27H34N4O3. The summed E-state index contributed by atoms with van der Waals surface area (Å²) in [4.78, 5) is 25.4. The van der Waals surface area contributed by atoms with Gasteiger partial charge in [0.05, 0.1) is 11.2 Å². The molecule has 2 atom stereocenters. The van der Waals surface area contributed by atoms with E-state index in [4.69, 9.17) is 5.10 Å². The van der Waals surface area contributed by atoms with Crippen LogP contribution >= 0.6 is 0 Å². The minimum atomic E-state index is -1.35. The zero-order valence-electron chi connectivity index (χ0n) is 20.7. The maximum atomic E-state index is 13.0. The fraction of sp³-hybridized carbons (Fsp3) is 0.370. The number of aromatic nitrogens is 2. The molecule has 0 aliphatic heterocycles. The quantitative estimate of drug-likeness (QED) is 0.492. The Labute approximate surface area is 201 Å². The summed E-state index contributed by atoms with van der Waals surface area (Å²) in [5.41, 5.74) is 1.63. The molecule has 0 saturated heterocycles. The summed E-state index contributed by atoms with van der Waals surface area (Å²) in [5, 5.41) is 20.6. The van der Waals surface area contributed by atoms with E-state index in [1.54, 1.807) is 41.9 Å².